The van der Waals surface area contributed by atoms with Crippen LogP contribution in [0.1, 0.15) is 23.2 Å². The second-order valence-electron chi connectivity index (χ2n) is 2.98. The molecule has 88 valence electrons. The van der Waals surface area contributed by atoms with E-state index in [4.69, 9.17) is 28.3 Å². The van der Waals surface area contributed by atoms with Crippen molar-refractivity contribution in [1.29, 1.82) is 0 Å². The topological polar surface area (TPSA) is 50.2 Å². The van der Waals surface area contributed by atoms with Gasteiger partial charge < -0.3 is 5.11 Å². The van der Waals surface area contributed by atoms with Crippen molar-refractivity contribution in [3.63, 3.8) is 0 Å². The van der Waals surface area contributed by atoms with E-state index in [0.717, 1.165) is 6.07 Å². The summed E-state index contributed by atoms with van der Waals surface area (Å²) in [4.78, 5) is 14.2. The summed E-state index contributed by atoms with van der Waals surface area (Å²) in [6, 6.07) is 1.07. The van der Waals surface area contributed by atoms with Gasteiger partial charge in [0.25, 0.3) is 6.43 Å². The molecule has 3 nitrogen and oxygen atoms in total. The minimum Gasteiger partial charge on any atom is -0.481 e. The molecule has 0 aliphatic carbocycles. The van der Waals surface area contributed by atoms with Gasteiger partial charge in [0.2, 0.25) is 0 Å². The highest BCUT2D eigenvalue weighted by molar-refractivity contribution is 6.30. The fourth-order valence-corrected chi connectivity index (χ4v) is 1.62. The molecular formula is C9H7Cl2F2NO2. The average Bonchev–Trinajstić information content (AvgIpc) is 2.19. The normalized spacial score (nSPS) is 10.8. The molecule has 0 aliphatic rings. The standard InChI is InChI=1S/C9H7Cl2F2NO2/c10-3-4-1-6(9(12)13)5(2-7(15)16)8(11)14-4/h1,9H,2-3H2,(H,15,16). The number of alkyl halides is 3. The zero-order chi connectivity index (χ0) is 12.3. The Morgan fingerprint density at radius 3 is 2.62 bits per heavy atom. The lowest BCUT2D eigenvalue weighted by Gasteiger charge is -2.10. The molecule has 0 radical (unpaired) electrons. The number of hydrogen-bond acceptors (Lipinski definition) is 2. The largest absolute Gasteiger partial charge is 0.481 e. The monoisotopic (exact) mass is 269 g/mol. The van der Waals surface area contributed by atoms with Gasteiger partial charge >= 0.3 is 5.97 Å². The van der Waals surface area contributed by atoms with Gasteiger partial charge in [-0.1, -0.05) is 11.6 Å². The van der Waals surface area contributed by atoms with Crippen LogP contribution in [0.2, 0.25) is 5.15 Å². The Hall–Kier alpha value is -0.940. The summed E-state index contributed by atoms with van der Waals surface area (Å²) in [6.45, 7) is 0. The summed E-state index contributed by atoms with van der Waals surface area (Å²) in [5, 5.41) is 8.33. The zero-order valence-corrected chi connectivity index (χ0v) is 9.40. The van der Waals surface area contributed by atoms with Crippen LogP contribution in [0.15, 0.2) is 6.07 Å². The predicted octanol–water partition coefficient (Wildman–Crippen LogP) is 3.04. The van der Waals surface area contributed by atoms with Crippen molar-refractivity contribution in [3.8, 4) is 0 Å². The lowest BCUT2D eigenvalue weighted by atomic mass is 10.1. The van der Waals surface area contributed by atoms with Crippen LogP contribution in [0.3, 0.4) is 0 Å². The van der Waals surface area contributed by atoms with Gasteiger partial charge in [0, 0.05) is 11.1 Å². The van der Waals surface area contributed by atoms with E-state index in [1.165, 1.54) is 0 Å². The van der Waals surface area contributed by atoms with E-state index in [9.17, 15) is 13.6 Å². The maximum Gasteiger partial charge on any atom is 0.307 e. The molecule has 1 N–H and O–H groups in total. The van der Waals surface area contributed by atoms with Gasteiger partial charge in [0.05, 0.1) is 18.0 Å². The van der Waals surface area contributed by atoms with E-state index in [-0.39, 0.29) is 22.3 Å². The molecule has 0 bridgehead atoms. The summed E-state index contributed by atoms with van der Waals surface area (Å²) >= 11 is 11.1. The Kier molecular flexibility index (Phi) is 4.44. The smallest absolute Gasteiger partial charge is 0.307 e. The van der Waals surface area contributed by atoms with Crippen molar-refractivity contribution in [3.05, 3.63) is 28.0 Å². The van der Waals surface area contributed by atoms with Crippen molar-refractivity contribution in [2.24, 2.45) is 0 Å². The lowest BCUT2D eigenvalue weighted by Crippen LogP contribution is -2.07. The summed E-state index contributed by atoms with van der Waals surface area (Å²) in [7, 11) is 0. The number of hydrogen-bond donors (Lipinski definition) is 1. The molecule has 0 spiro atoms. The molecule has 7 heteroatoms. The van der Waals surface area contributed by atoms with E-state index in [1.807, 2.05) is 0 Å². The Bertz CT molecular complexity index is 413. The SMILES string of the molecule is O=C(O)Cc1c(C(F)F)cc(CCl)nc1Cl. The Labute approximate surface area is 100 Å². The quantitative estimate of drug-likeness (QED) is 0.675. The lowest BCUT2D eigenvalue weighted by molar-refractivity contribution is -0.136. The zero-order valence-electron chi connectivity index (χ0n) is 7.88. The van der Waals surface area contributed by atoms with Crippen molar-refractivity contribution >= 4 is 29.2 Å². The Morgan fingerprint density at radius 2 is 2.19 bits per heavy atom. The number of carbonyl (C=O) groups is 1. The molecule has 1 aromatic heterocycles. The van der Waals surface area contributed by atoms with Gasteiger partial charge in [0.15, 0.2) is 0 Å². The highest BCUT2D eigenvalue weighted by Gasteiger charge is 2.20. The first-order chi connectivity index (χ1) is 7.45. The van der Waals surface area contributed by atoms with Crippen LogP contribution < -0.4 is 0 Å². The number of aliphatic carboxylic acids is 1. The molecule has 0 saturated heterocycles. The Balaban J connectivity index is 3.27. The minimum atomic E-state index is -2.81. The van der Waals surface area contributed by atoms with Gasteiger partial charge in [-0.25, -0.2) is 13.8 Å². The summed E-state index contributed by atoms with van der Waals surface area (Å²) in [5.41, 5.74) is -0.410. The van der Waals surface area contributed by atoms with E-state index in [0.29, 0.717) is 0 Å². The van der Waals surface area contributed by atoms with Crippen LogP contribution in [0.25, 0.3) is 0 Å². The number of nitrogens with zero attached hydrogens (tertiary/aromatic N) is 1. The fraction of sp³-hybridized carbons (Fsp3) is 0.333. The second-order valence-corrected chi connectivity index (χ2v) is 3.60. The molecule has 0 aromatic carbocycles. The Morgan fingerprint density at radius 1 is 1.56 bits per heavy atom. The predicted molar refractivity (Wildman–Crippen MR) is 55.1 cm³/mol. The molecule has 0 atom stereocenters. The van der Waals surface area contributed by atoms with Crippen molar-refractivity contribution in [1.82, 2.24) is 4.98 Å². The molecule has 1 heterocycles. The van der Waals surface area contributed by atoms with Gasteiger partial charge in [-0.15, -0.1) is 11.6 Å². The van der Waals surface area contributed by atoms with E-state index < -0.39 is 24.4 Å². The molecule has 0 saturated carbocycles. The molecule has 0 unspecified atom stereocenters. The van der Waals surface area contributed by atoms with Crippen LogP contribution in [0, 0.1) is 0 Å². The number of aromatic nitrogens is 1. The first-order valence-electron chi connectivity index (χ1n) is 4.19. The minimum absolute atomic E-state index is 0.0627. The van der Waals surface area contributed by atoms with Crippen LogP contribution in [-0.2, 0) is 17.1 Å². The molecule has 0 fully saturated rings. The number of rotatable bonds is 4. The second kappa shape index (κ2) is 5.41. The fourth-order valence-electron chi connectivity index (χ4n) is 1.20. The van der Waals surface area contributed by atoms with E-state index in [2.05, 4.69) is 4.98 Å². The molecule has 16 heavy (non-hydrogen) atoms. The van der Waals surface area contributed by atoms with Gasteiger partial charge in [-0.2, -0.15) is 0 Å². The summed E-state index contributed by atoms with van der Waals surface area (Å²) in [6.07, 6.45) is -3.40. The number of carboxylic acids is 1. The van der Waals surface area contributed by atoms with Gasteiger partial charge in [-0.3, -0.25) is 4.79 Å². The summed E-state index contributed by atoms with van der Waals surface area (Å²) < 4.78 is 25.3. The van der Waals surface area contributed by atoms with E-state index >= 15 is 0 Å². The first kappa shape index (κ1) is 13.1. The van der Waals surface area contributed by atoms with Gasteiger partial charge in [-0.05, 0) is 6.07 Å². The highest BCUT2D eigenvalue weighted by atomic mass is 35.5. The van der Waals surface area contributed by atoms with Crippen LogP contribution in [-0.4, -0.2) is 16.1 Å². The molecule has 1 rings (SSSR count). The van der Waals surface area contributed by atoms with Crippen molar-refractivity contribution < 1.29 is 18.7 Å². The molecule has 0 amide bonds. The third-order valence-corrected chi connectivity index (χ3v) is 2.45. The third kappa shape index (κ3) is 3.02. The third-order valence-electron chi connectivity index (χ3n) is 1.86. The average molecular weight is 270 g/mol. The van der Waals surface area contributed by atoms with Crippen LogP contribution in [0.5, 0.6) is 0 Å². The highest BCUT2D eigenvalue weighted by Crippen LogP contribution is 2.29. The molecule has 1 aromatic rings. The van der Waals surface area contributed by atoms with Crippen LogP contribution >= 0.6 is 23.2 Å². The van der Waals surface area contributed by atoms with Crippen molar-refractivity contribution in [2.75, 3.05) is 0 Å². The molecular weight excluding hydrogens is 263 g/mol. The maximum atomic E-state index is 12.7. The number of pyridine rings is 1. The van der Waals surface area contributed by atoms with Crippen molar-refractivity contribution in [2.45, 2.75) is 18.7 Å². The van der Waals surface area contributed by atoms with Gasteiger partial charge in [0.1, 0.15) is 5.15 Å². The number of carboxylic acid groups (broad SMARTS) is 1. The maximum absolute atomic E-state index is 12.7. The summed E-state index contributed by atoms with van der Waals surface area (Å²) in [5.74, 6) is -1.31. The van der Waals surface area contributed by atoms with Crippen LogP contribution in [0.4, 0.5) is 8.78 Å². The molecule has 0 aliphatic heterocycles. The number of halogens is 4. The van der Waals surface area contributed by atoms with E-state index in [1.54, 1.807) is 0 Å². The first-order valence-corrected chi connectivity index (χ1v) is 5.11.